The molecule has 0 amide bonds. The Bertz CT molecular complexity index is 852. The Morgan fingerprint density at radius 2 is 1.92 bits per heavy atom. The van der Waals surface area contributed by atoms with Gasteiger partial charge < -0.3 is 0 Å². The van der Waals surface area contributed by atoms with Crippen molar-refractivity contribution in [2.24, 2.45) is 0 Å². The molecule has 0 spiro atoms. The van der Waals surface area contributed by atoms with Gasteiger partial charge in [-0.25, -0.2) is 17.5 Å². The van der Waals surface area contributed by atoms with Crippen LogP contribution in [0.1, 0.15) is 23.1 Å². The number of hydrogen-bond acceptors (Lipinski definition) is 3. The number of hydrogen-bond donors (Lipinski definition) is 1. The smallest absolute Gasteiger partial charge is 0.240 e. The Labute approximate surface area is 148 Å². The largest absolute Gasteiger partial charge is 0.299 e. The molecule has 3 rings (SSSR count). The van der Waals surface area contributed by atoms with Crippen molar-refractivity contribution in [3.05, 3.63) is 65.0 Å². The van der Waals surface area contributed by atoms with E-state index in [0.717, 1.165) is 32.5 Å². The molecule has 0 fully saturated rings. The van der Waals surface area contributed by atoms with Gasteiger partial charge in [-0.05, 0) is 61.2 Å². The van der Waals surface area contributed by atoms with Crippen molar-refractivity contribution in [3.8, 4) is 0 Å². The number of rotatable bonds is 6. The Kier molecular flexibility index (Phi) is 5.51. The van der Waals surface area contributed by atoms with Crippen LogP contribution in [-0.2, 0) is 23.0 Å². The lowest BCUT2D eigenvalue weighted by Crippen LogP contribution is -2.33. The van der Waals surface area contributed by atoms with Crippen LogP contribution in [0.3, 0.4) is 0 Å². The molecule has 1 N–H and O–H groups in total. The fourth-order valence-electron chi connectivity index (χ4n) is 3.25. The number of halogens is 1. The highest BCUT2D eigenvalue weighted by atomic mass is 32.2. The van der Waals surface area contributed by atoms with Gasteiger partial charge in [-0.1, -0.05) is 24.3 Å². The molecular weight excluding hydrogens is 339 g/mol. The maximum atomic E-state index is 13.1. The molecule has 6 heteroatoms. The van der Waals surface area contributed by atoms with E-state index in [1.165, 1.54) is 29.3 Å². The molecule has 0 saturated carbocycles. The van der Waals surface area contributed by atoms with E-state index < -0.39 is 15.8 Å². The van der Waals surface area contributed by atoms with Gasteiger partial charge >= 0.3 is 0 Å². The molecule has 0 aromatic heterocycles. The van der Waals surface area contributed by atoms with E-state index in [-0.39, 0.29) is 4.90 Å². The molecule has 0 aliphatic carbocycles. The summed E-state index contributed by atoms with van der Waals surface area (Å²) < 4.78 is 40.4. The zero-order chi connectivity index (χ0) is 17.9. The van der Waals surface area contributed by atoms with E-state index >= 15 is 0 Å². The van der Waals surface area contributed by atoms with Crippen LogP contribution >= 0.6 is 0 Å². The van der Waals surface area contributed by atoms with Crippen molar-refractivity contribution in [1.29, 1.82) is 0 Å². The predicted octanol–water partition coefficient (Wildman–Crippen LogP) is 2.86. The second-order valence-electron chi connectivity index (χ2n) is 6.46. The highest BCUT2D eigenvalue weighted by Gasteiger charge is 2.18. The predicted molar refractivity (Wildman–Crippen MR) is 96.4 cm³/mol. The van der Waals surface area contributed by atoms with Gasteiger partial charge in [0.25, 0.3) is 0 Å². The molecular formula is C19H23FN2O2S. The zero-order valence-corrected chi connectivity index (χ0v) is 15.2. The van der Waals surface area contributed by atoms with Crippen LogP contribution in [0.15, 0.2) is 47.4 Å². The van der Waals surface area contributed by atoms with Crippen LogP contribution in [0, 0.1) is 12.7 Å². The van der Waals surface area contributed by atoms with Crippen LogP contribution in [0.5, 0.6) is 0 Å². The Hall–Kier alpha value is -1.76. The van der Waals surface area contributed by atoms with Gasteiger partial charge in [0, 0.05) is 19.6 Å². The zero-order valence-electron chi connectivity index (χ0n) is 14.3. The first-order chi connectivity index (χ1) is 12.0. The first-order valence-corrected chi connectivity index (χ1v) is 9.99. The highest BCUT2D eigenvalue weighted by Crippen LogP contribution is 2.19. The van der Waals surface area contributed by atoms with Crippen molar-refractivity contribution in [1.82, 2.24) is 9.62 Å². The van der Waals surface area contributed by atoms with Gasteiger partial charge in [0.1, 0.15) is 5.82 Å². The summed E-state index contributed by atoms with van der Waals surface area (Å²) in [6.07, 6.45) is 1.78. The Balaban J connectivity index is 1.50. The highest BCUT2D eigenvalue weighted by molar-refractivity contribution is 7.89. The molecule has 134 valence electrons. The number of nitrogens with one attached hydrogen (secondary N) is 1. The summed E-state index contributed by atoms with van der Waals surface area (Å²) in [5.41, 5.74) is 3.18. The SMILES string of the molecule is Cc1cc(F)ccc1S(=O)(=O)NCCCN1CCc2ccccc2C1. The quantitative estimate of drug-likeness (QED) is 0.804. The summed E-state index contributed by atoms with van der Waals surface area (Å²) in [6.45, 7) is 4.74. The van der Waals surface area contributed by atoms with Crippen molar-refractivity contribution >= 4 is 10.0 Å². The molecule has 2 aromatic carbocycles. The van der Waals surface area contributed by atoms with Crippen molar-refractivity contribution < 1.29 is 12.8 Å². The number of fused-ring (bicyclic) bond motifs is 1. The van der Waals surface area contributed by atoms with E-state index in [1.54, 1.807) is 6.92 Å². The molecule has 1 aliphatic rings. The second-order valence-corrected chi connectivity index (χ2v) is 8.19. The first-order valence-electron chi connectivity index (χ1n) is 8.51. The Morgan fingerprint density at radius 3 is 2.68 bits per heavy atom. The third-order valence-electron chi connectivity index (χ3n) is 4.58. The van der Waals surface area contributed by atoms with Crippen LogP contribution < -0.4 is 4.72 Å². The molecule has 1 aliphatic heterocycles. The lowest BCUT2D eigenvalue weighted by atomic mass is 10.00. The van der Waals surface area contributed by atoms with E-state index in [2.05, 4.69) is 33.9 Å². The average Bonchev–Trinajstić information content (AvgIpc) is 2.58. The molecule has 2 aromatic rings. The van der Waals surface area contributed by atoms with E-state index in [0.29, 0.717) is 12.1 Å². The molecule has 0 radical (unpaired) electrons. The van der Waals surface area contributed by atoms with Crippen LogP contribution in [0.25, 0.3) is 0 Å². The summed E-state index contributed by atoms with van der Waals surface area (Å²) in [5.74, 6) is -0.429. The maximum absolute atomic E-state index is 13.1. The molecule has 25 heavy (non-hydrogen) atoms. The number of benzene rings is 2. The van der Waals surface area contributed by atoms with Gasteiger partial charge in [-0.2, -0.15) is 0 Å². The summed E-state index contributed by atoms with van der Waals surface area (Å²) >= 11 is 0. The fraction of sp³-hybridized carbons (Fsp3) is 0.368. The van der Waals surface area contributed by atoms with Crippen molar-refractivity contribution in [2.45, 2.75) is 31.2 Å². The van der Waals surface area contributed by atoms with Crippen molar-refractivity contribution in [3.63, 3.8) is 0 Å². The summed E-state index contributed by atoms with van der Waals surface area (Å²) in [7, 11) is -3.59. The van der Waals surface area contributed by atoms with Gasteiger partial charge in [-0.3, -0.25) is 4.90 Å². The second kappa shape index (κ2) is 7.64. The minimum absolute atomic E-state index is 0.140. The topological polar surface area (TPSA) is 49.4 Å². The third-order valence-corrected chi connectivity index (χ3v) is 6.20. The minimum Gasteiger partial charge on any atom is -0.299 e. The van der Waals surface area contributed by atoms with E-state index in [4.69, 9.17) is 0 Å². The van der Waals surface area contributed by atoms with Gasteiger partial charge in [0.15, 0.2) is 0 Å². The van der Waals surface area contributed by atoms with Crippen LogP contribution in [-0.4, -0.2) is 33.0 Å². The third kappa shape index (κ3) is 4.45. The minimum atomic E-state index is -3.59. The normalized spacial score (nSPS) is 15.1. The molecule has 0 atom stereocenters. The lowest BCUT2D eigenvalue weighted by Gasteiger charge is -2.28. The molecule has 0 unspecified atom stereocenters. The molecule has 1 heterocycles. The van der Waals surface area contributed by atoms with Gasteiger partial charge in [-0.15, -0.1) is 0 Å². The molecule has 0 bridgehead atoms. The van der Waals surface area contributed by atoms with Gasteiger partial charge in [0.2, 0.25) is 10.0 Å². The average molecular weight is 362 g/mol. The molecule has 0 saturated heterocycles. The summed E-state index contributed by atoms with van der Waals surface area (Å²) in [6, 6.07) is 12.2. The van der Waals surface area contributed by atoms with Crippen LogP contribution in [0.2, 0.25) is 0 Å². The van der Waals surface area contributed by atoms with Crippen molar-refractivity contribution in [2.75, 3.05) is 19.6 Å². The first kappa shape index (κ1) is 18.0. The number of nitrogens with zero attached hydrogens (tertiary/aromatic N) is 1. The fourth-order valence-corrected chi connectivity index (χ4v) is 4.54. The maximum Gasteiger partial charge on any atom is 0.240 e. The summed E-state index contributed by atoms with van der Waals surface area (Å²) in [5, 5.41) is 0. The Morgan fingerprint density at radius 1 is 1.16 bits per heavy atom. The number of aryl methyl sites for hydroxylation is 1. The molecule has 4 nitrogen and oxygen atoms in total. The lowest BCUT2D eigenvalue weighted by molar-refractivity contribution is 0.251. The van der Waals surface area contributed by atoms with Crippen LogP contribution in [0.4, 0.5) is 4.39 Å². The van der Waals surface area contributed by atoms with E-state index in [1.807, 2.05) is 0 Å². The number of sulfonamides is 1. The monoisotopic (exact) mass is 362 g/mol. The summed E-state index contributed by atoms with van der Waals surface area (Å²) in [4.78, 5) is 2.49. The van der Waals surface area contributed by atoms with E-state index in [9.17, 15) is 12.8 Å². The van der Waals surface area contributed by atoms with Gasteiger partial charge in [0.05, 0.1) is 4.90 Å². The standard InChI is InChI=1S/C19H23FN2O2S/c1-15-13-18(20)7-8-19(15)25(23,24)21-10-4-11-22-12-9-16-5-2-3-6-17(16)14-22/h2-3,5-8,13,21H,4,9-12,14H2,1H3.